The van der Waals surface area contributed by atoms with Gasteiger partial charge in [-0.2, -0.15) is 4.98 Å². The van der Waals surface area contributed by atoms with Gasteiger partial charge in [-0.15, -0.1) is 10.2 Å². The molecular weight excluding hydrogens is 309 g/mol. The maximum atomic E-state index is 12.9. The molecule has 0 bridgehead atoms. The summed E-state index contributed by atoms with van der Waals surface area (Å²) in [5.41, 5.74) is 0. The molecule has 0 amide bonds. The minimum Gasteiger partial charge on any atom is -0.439 e. The van der Waals surface area contributed by atoms with Crippen molar-refractivity contribution < 1.29 is 13.3 Å². The number of ether oxygens (including phenoxy) is 1. The van der Waals surface area contributed by atoms with Crippen LogP contribution in [0.1, 0.15) is 0 Å². The summed E-state index contributed by atoms with van der Waals surface area (Å²) in [6, 6.07) is 7.11. The van der Waals surface area contributed by atoms with E-state index < -0.39 is 10.8 Å². The maximum Gasteiger partial charge on any atom is 0.240 e. The summed E-state index contributed by atoms with van der Waals surface area (Å²) in [6.45, 7) is 0. The molecule has 1 aromatic carbocycles. The molecule has 0 aliphatic rings. The van der Waals surface area contributed by atoms with Gasteiger partial charge in [0.25, 0.3) is 0 Å². The first-order valence-electron chi connectivity index (χ1n) is 6.14. The molecule has 3 aromatic rings. The zero-order valence-electron chi connectivity index (χ0n) is 11.4. The molecule has 1 unspecified atom stereocenters. The lowest BCUT2D eigenvalue weighted by Crippen LogP contribution is -2.06. The predicted octanol–water partition coefficient (Wildman–Crippen LogP) is 1.73. The van der Waals surface area contributed by atoms with Gasteiger partial charge in [0.05, 0.1) is 10.8 Å². The van der Waals surface area contributed by atoms with Crippen LogP contribution in [0.5, 0.6) is 11.6 Å². The minimum atomic E-state index is -1.33. The van der Waals surface area contributed by atoms with Gasteiger partial charge >= 0.3 is 0 Å². The number of halogens is 1. The Morgan fingerprint density at radius 2 is 2.00 bits per heavy atom. The van der Waals surface area contributed by atoms with Crippen LogP contribution in [0.4, 0.5) is 4.39 Å². The molecule has 0 aliphatic heterocycles. The third-order valence-electron chi connectivity index (χ3n) is 2.64. The summed E-state index contributed by atoms with van der Waals surface area (Å²) in [5, 5.41) is 7.70. The Kier molecular flexibility index (Phi) is 3.88. The van der Waals surface area contributed by atoms with Crippen molar-refractivity contribution in [3.8, 4) is 17.6 Å². The first kappa shape index (κ1) is 14.3. The van der Waals surface area contributed by atoms with E-state index in [1.807, 2.05) is 0 Å². The van der Waals surface area contributed by atoms with E-state index in [1.54, 1.807) is 6.07 Å². The third kappa shape index (κ3) is 2.98. The minimum absolute atomic E-state index is 0.231. The normalized spacial score (nSPS) is 12.1. The van der Waals surface area contributed by atoms with Crippen LogP contribution in [-0.2, 0) is 10.8 Å². The average molecular weight is 319 g/mol. The van der Waals surface area contributed by atoms with Gasteiger partial charge in [-0.25, -0.2) is 13.9 Å². The van der Waals surface area contributed by atoms with Crippen LogP contribution in [-0.4, -0.2) is 35.2 Å². The second kappa shape index (κ2) is 5.98. The fourth-order valence-corrected chi connectivity index (χ4v) is 2.25. The maximum absolute atomic E-state index is 12.9. The monoisotopic (exact) mass is 319 g/mol. The number of rotatable bonds is 4. The molecule has 7 nitrogen and oxygen atoms in total. The Morgan fingerprint density at radius 3 is 2.73 bits per heavy atom. The number of benzene rings is 1. The molecule has 1 atom stereocenters. The van der Waals surface area contributed by atoms with Gasteiger partial charge in [0.15, 0.2) is 0 Å². The number of aromatic nitrogens is 5. The Balaban J connectivity index is 1.91. The summed E-state index contributed by atoms with van der Waals surface area (Å²) in [5.74, 6) is 0.581. The lowest BCUT2D eigenvalue weighted by atomic mass is 10.3. The van der Waals surface area contributed by atoms with Crippen LogP contribution in [0, 0.1) is 5.82 Å². The van der Waals surface area contributed by atoms with Gasteiger partial charge in [0, 0.05) is 18.5 Å². The van der Waals surface area contributed by atoms with Crippen LogP contribution in [0.15, 0.2) is 48.0 Å². The van der Waals surface area contributed by atoms with E-state index in [-0.39, 0.29) is 22.8 Å². The lowest BCUT2D eigenvalue weighted by molar-refractivity contribution is 0.458. The van der Waals surface area contributed by atoms with Crippen molar-refractivity contribution in [3.63, 3.8) is 0 Å². The van der Waals surface area contributed by atoms with Crippen LogP contribution in [0.2, 0.25) is 0 Å². The first-order chi connectivity index (χ1) is 10.6. The van der Waals surface area contributed by atoms with Crippen molar-refractivity contribution in [2.75, 3.05) is 6.26 Å². The molecular formula is C13H10FN5O2S. The smallest absolute Gasteiger partial charge is 0.240 e. The van der Waals surface area contributed by atoms with Crippen molar-refractivity contribution in [2.45, 2.75) is 5.16 Å². The van der Waals surface area contributed by atoms with Crippen LogP contribution in [0.25, 0.3) is 5.95 Å². The molecule has 3 rings (SSSR count). The molecule has 2 heterocycles. The van der Waals surface area contributed by atoms with E-state index in [0.717, 1.165) is 0 Å². The predicted molar refractivity (Wildman–Crippen MR) is 75.8 cm³/mol. The van der Waals surface area contributed by atoms with Gasteiger partial charge in [-0.3, -0.25) is 4.21 Å². The first-order valence-corrected chi connectivity index (χ1v) is 7.69. The zero-order chi connectivity index (χ0) is 15.5. The molecule has 112 valence electrons. The van der Waals surface area contributed by atoms with Crippen LogP contribution >= 0.6 is 0 Å². The summed E-state index contributed by atoms with van der Waals surface area (Å²) in [7, 11) is -1.33. The van der Waals surface area contributed by atoms with E-state index in [9.17, 15) is 8.60 Å². The molecule has 0 saturated heterocycles. The van der Waals surface area contributed by atoms with Gasteiger partial charge in [0.2, 0.25) is 17.0 Å². The topological polar surface area (TPSA) is 82.8 Å². The van der Waals surface area contributed by atoms with E-state index in [0.29, 0.717) is 5.75 Å². The standard InChI is InChI=1S/C13H10FN5O2S/c1-22(20)13-18-16-8-19(13)12-15-7-6-11(17-12)21-10-4-2-9(14)3-5-10/h2-8H,1H3. The van der Waals surface area contributed by atoms with Gasteiger partial charge in [-0.1, -0.05) is 0 Å². The summed E-state index contributed by atoms with van der Waals surface area (Å²) in [6.07, 6.45) is 4.34. The zero-order valence-corrected chi connectivity index (χ0v) is 12.2. The van der Waals surface area contributed by atoms with Crippen molar-refractivity contribution in [1.82, 2.24) is 24.7 Å². The molecule has 22 heavy (non-hydrogen) atoms. The van der Waals surface area contributed by atoms with Crippen LogP contribution < -0.4 is 4.74 Å². The number of nitrogens with zero attached hydrogens (tertiary/aromatic N) is 5. The highest BCUT2D eigenvalue weighted by Crippen LogP contribution is 2.20. The fourth-order valence-electron chi connectivity index (χ4n) is 1.69. The summed E-state index contributed by atoms with van der Waals surface area (Å²) >= 11 is 0. The molecule has 0 saturated carbocycles. The SMILES string of the molecule is CS(=O)c1nncn1-c1nccc(Oc2ccc(F)cc2)n1. The van der Waals surface area contributed by atoms with E-state index in [2.05, 4.69) is 20.2 Å². The van der Waals surface area contributed by atoms with E-state index in [1.165, 1.54) is 47.6 Å². The highest BCUT2D eigenvalue weighted by Gasteiger charge is 2.12. The van der Waals surface area contributed by atoms with Crippen molar-refractivity contribution >= 4 is 10.8 Å². The quantitative estimate of drug-likeness (QED) is 0.728. The number of hydrogen-bond acceptors (Lipinski definition) is 6. The van der Waals surface area contributed by atoms with Crippen molar-refractivity contribution in [2.24, 2.45) is 0 Å². The third-order valence-corrected chi connectivity index (χ3v) is 3.43. The van der Waals surface area contributed by atoms with Gasteiger partial charge in [0.1, 0.15) is 17.9 Å². The average Bonchev–Trinajstić information content (AvgIpc) is 3.00. The number of hydrogen-bond donors (Lipinski definition) is 0. The molecule has 0 radical (unpaired) electrons. The highest BCUT2D eigenvalue weighted by atomic mass is 32.2. The molecule has 0 aliphatic carbocycles. The Labute approximate surface area is 127 Å². The molecule has 0 fully saturated rings. The molecule has 2 aromatic heterocycles. The summed E-state index contributed by atoms with van der Waals surface area (Å²) in [4.78, 5) is 8.28. The molecule has 9 heteroatoms. The fraction of sp³-hybridized carbons (Fsp3) is 0.0769. The Morgan fingerprint density at radius 1 is 1.23 bits per heavy atom. The lowest BCUT2D eigenvalue weighted by Gasteiger charge is -2.07. The Bertz CT molecular complexity index is 821. The van der Waals surface area contributed by atoms with E-state index >= 15 is 0 Å². The van der Waals surface area contributed by atoms with Crippen LogP contribution in [0.3, 0.4) is 0 Å². The highest BCUT2D eigenvalue weighted by molar-refractivity contribution is 7.84. The second-order valence-corrected chi connectivity index (χ2v) is 5.46. The summed E-state index contributed by atoms with van der Waals surface area (Å²) < 4.78 is 31.4. The van der Waals surface area contributed by atoms with Gasteiger partial charge < -0.3 is 4.74 Å². The van der Waals surface area contributed by atoms with Gasteiger partial charge in [-0.05, 0) is 24.3 Å². The Hall–Kier alpha value is -2.68. The van der Waals surface area contributed by atoms with Crippen molar-refractivity contribution in [1.29, 1.82) is 0 Å². The molecule has 0 N–H and O–H groups in total. The second-order valence-electron chi connectivity index (χ2n) is 4.19. The molecule has 0 spiro atoms. The van der Waals surface area contributed by atoms with Crippen molar-refractivity contribution in [3.05, 3.63) is 48.7 Å². The van der Waals surface area contributed by atoms with E-state index in [4.69, 9.17) is 4.74 Å². The largest absolute Gasteiger partial charge is 0.439 e.